The summed E-state index contributed by atoms with van der Waals surface area (Å²) in [6.45, 7) is 1.93. The van der Waals surface area contributed by atoms with Crippen molar-refractivity contribution in [2.75, 3.05) is 5.32 Å². The lowest BCUT2D eigenvalue weighted by Gasteiger charge is -2.29. The summed E-state index contributed by atoms with van der Waals surface area (Å²) < 4.78 is 0.848. The Balaban J connectivity index is 1.80. The van der Waals surface area contributed by atoms with Gasteiger partial charge in [-0.3, -0.25) is 4.79 Å². The number of halogens is 2. The van der Waals surface area contributed by atoms with Gasteiger partial charge in [-0.1, -0.05) is 35.9 Å². The molecule has 4 heteroatoms. The van der Waals surface area contributed by atoms with Crippen molar-refractivity contribution in [3.63, 3.8) is 0 Å². The number of amides is 1. The average molecular weight is 351 g/mol. The minimum absolute atomic E-state index is 0.0179. The Morgan fingerprint density at radius 3 is 2.85 bits per heavy atom. The summed E-state index contributed by atoms with van der Waals surface area (Å²) in [4.78, 5) is 12.3. The van der Waals surface area contributed by atoms with Crippen LogP contribution in [0.15, 0.2) is 40.9 Å². The van der Waals surface area contributed by atoms with Gasteiger partial charge in [0.15, 0.2) is 0 Å². The van der Waals surface area contributed by atoms with E-state index in [1.54, 1.807) is 6.07 Å². The van der Waals surface area contributed by atoms with Crippen LogP contribution in [0.3, 0.4) is 0 Å². The molecule has 1 N–H and O–H groups in total. The molecule has 1 aliphatic rings. The largest absolute Gasteiger partial charge is 0.324 e. The van der Waals surface area contributed by atoms with Gasteiger partial charge in [-0.05, 0) is 58.1 Å². The molecule has 0 heterocycles. The van der Waals surface area contributed by atoms with Crippen LogP contribution in [-0.2, 0) is 11.2 Å². The van der Waals surface area contributed by atoms with Crippen molar-refractivity contribution in [1.29, 1.82) is 0 Å². The topological polar surface area (TPSA) is 29.1 Å². The number of nitrogens with one attached hydrogen (secondary N) is 1. The van der Waals surface area contributed by atoms with E-state index in [1.807, 2.05) is 31.2 Å². The van der Waals surface area contributed by atoms with Gasteiger partial charge in [-0.15, -0.1) is 0 Å². The van der Waals surface area contributed by atoms with Crippen LogP contribution in [0.5, 0.6) is 0 Å². The second kappa shape index (κ2) is 5.23. The Bertz CT molecular complexity index is 699. The quantitative estimate of drug-likeness (QED) is 0.836. The van der Waals surface area contributed by atoms with Crippen LogP contribution in [0.2, 0.25) is 5.02 Å². The maximum Gasteiger partial charge on any atom is 0.232 e. The summed E-state index contributed by atoms with van der Waals surface area (Å²) in [7, 11) is 0. The zero-order valence-corrected chi connectivity index (χ0v) is 13.3. The summed E-state index contributed by atoms with van der Waals surface area (Å²) in [5, 5.41) is 3.60. The smallest absolute Gasteiger partial charge is 0.232 e. The van der Waals surface area contributed by atoms with E-state index in [-0.39, 0.29) is 11.8 Å². The molecule has 2 aromatic rings. The van der Waals surface area contributed by atoms with Crippen LogP contribution >= 0.6 is 27.5 Å². The minimum Gasteiger partial charge on any atom is -0.324 e. The van der Waals surface area contributed by atoms with E-state index in [0.717, 1.165) is 27.7 Å². The van der Waals surface area contributed by atoms with E-state index in [0.29, 0.717) is 5.02 Å². The molecule has 1 unspecified atom stereocenters. The van der Waals surface area contributed by atoms with Crippen molar-refractivity contribution in [3.8, 4) is 0 Å². The Hall–Kier alpha value is -1.32. The Morgan fingerprint density at radius 2 is 2.10 bits per heavy atom. The molecule has 2 nitrogen and oxygen atoms in total. The van der Waals surface area contributed by atoms with Crippen molar-refractivity contribution < 1.29 is 4.79 Å². The van der Waals surface area contributed by atoms with Gasteiger partial charge < -0.3 is 5.32 Å². The normalized spacial score (nSPS) is 16.2. The third kappa shape index (κ3) is 2.36. The van der Waals surface area contributed by atoms with Crippen LogP contribution in [-0.4, -0.2) is 5.91 Å². The first-order valence-electron chi connectivity index (χ1n) is 6.40. The first-order chi connectivity index (χ1) is 9.56. The molecular weight excluding hydrogens is 338 g/mol. The lowest BCUT2D eigenvalue weighted by Crippen LogP contribution is -2.30. The second-order valence-corrected chi connectivity index (χ2v) is 6.29. The highest BCUT2D eigenvalue weighted by atomic mass is 79.9. The van der Waals surface area contributed by atoms with Gasteiger partial charge in [0, 0.05) is 9.50 Å². The van der Waals surface area contributed by atoms with E-state index < -0.39 is 0 Å². The maximum absolute atomic E-state index is 12.3. The molecule has 0 radical (unpaired) electrons. The molecule has 1 amide bonds. The molecule has 3 rings (SSSR count). The number of anilines is 1. The first-order valence-corrected chi connectivity index (χ1v) is 7.57. The van der Waals surface area contributed by atoms with E-state index in [1.165, 1.54) is 5.56 Å². The summed E-state index contributed by atoms with van der Waals surface area (Å²) in [5.41, 5.74) is 4.08. The molecule has 0 saturated carbocycles. The lowest BCUT2D eigenvalue weighted by atomic mass is 9.77. The van der Waals surface area contributed by atoms with E-state index in [9.17, 15) is 4.79 Å². The highest BCUT2D eigenvalue weighted by Crippen LogP contribution is 2.37. The molecule has 2 aromatic carbocycles. The zero-order valence-electron chi connectivity index (χ0n) is 10.9. The highest BCUT2D eigenvalue weighted by Gasteiger charge is 2.31. The molecule has 0 aliphatic heterocycles. The van der Waals surface area contributed by atoms with Gasteiger partial charge >= 0.3 is 0 Å². The molecule has 0 saturated heterocycles. The summed E-state index contributed by atoms with van der Waals surface area (Å²) in [6, 6.07) is 11.7. The fourth-order valence-corrected chi connectivity index (χ4v) is 3.18. The molecule has 20 heavy (non-hydrogen) atoms. The standard InChI is InChI=1S/C16H13BrClNO/c1-9-6-13(17)15(8-14(9)18)19-16(20)12-7-10-4-2-3-5-11(10)12/h2-6,8,12H,7H2,1H3,(H,19,20). The number of fused-ring (bicyclic) bond motifs is 1. The van der Waals surface area contributed by atoms with Gasteiger partial charge in [0.25, 0.3) is 0 Å². The van der Waals surface area contributed by atoms with Crippen molar-refractivity contribution in [3.05, 3.63) is 62.6 Å². The fourth-order valence-electron chi connectivity index (χ4n) is 2.45. The highest BCUT2D eigenvalue weighted by molar-refractivity contribution is 9.10. The molecule has 0 spiro atoms. The number of aryl methyl sites for hydroxylation is 1. The van der Waals surface area contributed by atoms with Crippen LogP contribution in [0.1, 0.15) is 22.6 Å². The van der Waals surface area contributed by atoms with Gasteiger partial charge in [-0.25, -0.2) is 0 Å². The fraction of sp³-hybridized carbons (Fsp3) is 0.188. The van der Waals surface area contributed by atoms with Crippen molar-refractivity contribution in [2.24, 2.45) is 0 Å². The Morgan fingerprint density at radius 1 is 1.35 bits per heavy atom. The molecule has 1 aliphatic carbocycles. The van der Waals surface area contributed by atoms with E-state index in [4.69, 9.17) is 11.6 Å². The van der Waals surface area contributed by atoms with Crippen molar-refractivity contribution in [1.82, 2.24) is 0 Å². The van der Waals surface area contributed by atoms with Crippen LogP contribution in [0.25, 0.3) is 0 Å². The van der Waals surface area contributed by atoms with E-state index >= 15 is 0 Å². The van der Waals surface area contributed by atoms with Crippen LogP contribution < -0.4 is 5.32 Å². The molecule has 0 fully saturated rings. The SMILES string of the molecule is Cc1cc(Br)c(NC(=O)C2Cc3ccccc32)cc1Cl. The molecular formula is C16H13BrClNO. The van der Waals surface area contributed by atoms with Crippen molar-refractivity contribution in [2.45, 2.75) is 19.3 Å². The average Bonchev–Trinajstić information content (AvgIpc) is 2.37. The number of rotatable bonds is 2. The number of carbonyl (C=O) groups is 1. The van der Waals surface area contributed by atoms with Gasteiger partial charge in [0.05, 0.1) is 11.6 Å². The number of hydrogen-bond donors (Lipinski definition) is 1. The molecule has 102 valence electrons. The Labute approximate surface area is 131 Å². The van der Waals surface area contributed by atoms with Gasteiger partial charge in [-0.2, -0.15) is 0 Å². The Kier molecular flexibility index (Phi) is 3.57. The van der Waals surface area contributed by atoms with E-state index in [2.05, 4.69) is 27.3 Å². The van der Waals surface area contributed by atoms with Gasteiger partial charge in [0.1, 0.15) is 0 Å². The predicted molar refractivity (Wildman–Crippen MR) is 85.4 cm³/mol. The summed E-state index contributed by atoms with van der Waals surface area (Å²) >= 11 is 9.56. The summed E-state index contributed by atoms with van der Waals surface area (Å²) in [5.74, 6) is -0.0394. The third-order valence-electron chi connectivity index (χ3n) is 3.68. The maximum atomic E-state index is 12.3. The first kappa shape index (κ1) is 13.7. The monoisotopic (exact) mass is 349 g/mol. The number of hydrogen-bond acceptors (Lipinski definition) is 1. The third-order valence-corrected chi connectivity index (χ3v) is 4.74. The molecule has 0 bridgehead atoms. The number of carbonyl (C=O) groups excluding carboxylic acids is 1. The predicted octanol–water partition coefficient (Wildman–Crippen LogP) is 4.69. The number of benzene rings is 2. The molecule has 0 aromatic heterocycles. The zero-order chi connectivity index (χ0) is 14.3. The minimum atomic E-state index is -0.0572. The summed E-state index contributed by atoms with van der Waals surface area (Å²) in [6.07, 6.45) is 0.805. The van der Waals surface area contributed by atoms with Crippen molar-refractivity contribution >= 4 is 39.1 Å². The lowest BCUT2D eigenvalue weighted by molar-refractivity contribution is -0.118. The molecule has 1 atom stereocenters. The van der Waals surface area contributed by atoms with Crippen LogP contribution in [0, 0.1) is 6.92 Å². The van der Waals surface area contributed by atoms with Crippen LogP contribution in [0.4, 0.5) is 5.69 Å². The second-order valence-electron chi connectivity index (χ2n) is 5.03. The van der Waals surface area contributed by atoms with Gasteiger partial charge in [0.2, 0.25) is 5.91 Å².